The zero-order valence-corrected chi connectivity index (χ0v) is 13.8. The largest absolute Gasteiger partial charge is 0.325 e. The number of nitrogens with zero attached hydrogens (tertiary/aromatic N) is 3. The quantitative estimate of drug-likeness (QED) is 0.857. The Morgan fingerprint density at radius 2 is 2.09 bits per heavy atom. The first kappa shape index (κ1) is 16.5. The lowest BCUT2D eigenvalue weighted by atomic mass is 10.2. The number of aromatic nitrogens is 3. The molecule has 0 radical (unpaired) electrons. The Bertz CT molecular complexity index is 671. The number of rotatable bonds is 5. The number of nitrogens with one attached hydrogen (secondary N) is 1. The molecular formula is C15H19FN4OS. The van der Waals surface area contributed by atoms with Crippen molar-refractivity contribution in [1.29, 1.82) is 0 Å². The summed E-state index contributed by atoms with van der Waals surface area (Å²) in [5.41, 5.74) is 0.997. The molecule has 1 atom stereocenters. The van der Waals surface area contributed by atoms with Gasteiger partial charge in [0.05, 0.1) is 5.25 Å². The lowest BCUT2D eigenvalue weighted by molar-refractivity contribution is -0.115. The smallest absolute Gasteiger partial charge is 0.237 e. The summed E-state index contributed by atoms with van der Waals surface area (Å²) >= 11 is 1.32. The van der Waals surface area contributed by atoms with E-state index in [-0.39, 0.29) is 23.0 Å². The monoisotopic (exact) mass is 322 g/mol. The van der Waals surface area contributed by atoms with Crippen molar-refractivity contribution in [1.82, 2.24) is 14.8 Å². The molecule has 22 heavy (non-hydrogen) atoms. The highest BCUT2D eigenvalue weighted by Gasteiger charge is 2.19. The van der Waals surface area contributed by atoms with Gasteiger partial charge in [0.25, 0.3) is 0 Å². The molecule has 0 spiro atoms. The van der Waals surface area contributed by atoms with Gasteiger partial charge in [-0.05, 0) is 45.4 Å². The predicted molar refractivity (Wildman–Crippen MR) is 85.5 cm³/mol. The Morgan fingerprint density at radius 3 is 2.73 bits per heavy atom. The molecule has 2 aromatic rings. The van der Waals surface area contributed by atoms with E-state index in [1.807, 2.05) is 18.4 Å². The number of halogens is 1. The van der Waals surface area contributed by atoms with Crippen molar-refractivity contribution in [3.63, 3.8) is 0 Å². The van der Waals surface area contributed by atoms with Crippen molar-refractivity contribution in [3.8, 4) is 0 Å². The van der Waals surface area contributed by atoms with E-state index in [4.69, 9.17) is 0 Å². The van der Waals surface area contributed by atoms with E-state index < -0.39 is 0 Å². The van der Waals surface area contributed by atoms with E-state index in [1.54, 1.807) is 32.3 Å². The molecule has 0 aliphatic heterocycles. The summed E-state index contributed by atoms with van der Waals surface area (Å²) in [6, 6.07) is 4.86. The highest BCUT2D eigenvalue weighted by atomic mass is 32.2. The van der Waals surface area contributed by atoms with Gasteiger partial charge in [-0.3, -0.25) is 4.79 Å². The maximum Gasteiger partial charge on any atom is 0.237 e. The molecule has 0 fully saturated rings. The van der Waals surface area contributed by atoms with Crippen LogP contribution in [0.3, 0.4) is 0 Å². The minimum Gasteiger partial charge on any atom is -0.325 e. The predicted octanol–water partition coefficient (Wildman–Crippen LogP) is 3.43. The van der Waals surface area contributed by atoms with E-state index in [0.717, 1.165) is 0 Å². The molecule has 0 saturated heterocycles. The maximum absolute atomic E-state index is 13.5. The molecule has 0 unspecified atom stereocenters. The van der Waals surface area contributed by atoms with Crippen molar-refractivity contribution in [3.05, 3.63) is 35.9 Å². The van der Waals surface area contributed by atoms with Gasteiger partial charge in [-0.15, -0.1) is 10.2 Å². The van der Waals surface area contributed by atoms with Gasteiger partial charge in [-0.2, -0.15) is 0 Å². The Hall–Kier alpha value is -1.89. The van der Waals surface area contributed by atoms with Crippen LogP contribution in [0, 0.1) is 12.7 Å². The number of carbonyl (C=O) groups excluding carboxylic acids is 1. The summed E-state index contributed by atoms with van der Waals surface area (Å²) < 4.78 is 15.4. The fourth-order valence-corrected chi connectivity index (χ4v) is 2.75. The average molecular weight is 322 g/mol. The SMILES string of the molecule is Cc1ccc(NC(=O)[C@H](C)Sc2nncn2C(C)C)cc1F. The highest BCUT2D eigenvalue weighted by Crippen LogP contribution is 2.24. The first-order chi connectivity index (χ1) is 10.4. The van der Waals surface area contributed by atoms with Crippen molar-refractivity contribution in [2.45, 2.75) is 44.1 Å². The van der Waals surface area contributed by atoms with Crippen LogP contribution < -0.4 is 5.32 Å². The molecule has 1 heterocycles. The van der Waals surface area contributed by atoms with E-state index in [1.165, 1.54) is 17.8 Å². The van der Waals surface area contributed by atoms with Gasteiger partial charge >= 0.3 is 0 Å². The lowest BCUT2D eigenvalue weighted by Gasteiger charge is -2.14. The number of hydrogen-bond donors (Lipinski definition) is 1. The Balaban J connectivity index is 2.02. The molecular weight excluding hydrogens is 303 g/mol. The average Bonchev–Trinajstić information content (AvgIpc) is 2.91. The molecule has 0 saturated carbocycles. The summed E-state index contributed by atoms with van der Waals surface area (Å²) in [4.78, 5) is 12.2. The van der Waals surface area contributed by atoms with E-state index in [9.17, 15) is 9.18 Å². The van der Waals surface area contributed by atoms with Crippen LogP contribution in [0.25, 0.3) is 0 Å². The van der Waals surface area contributed by atoms with Crippen LogP contribution >= 0.6 is 11.8 Å². The molecule has 1 N–H and O–H groups in total. The van der Waals surface area contributed by atoms with Crippen LogP contribution in [0.2, 0.25) is 0 Å². The zero-order valence-electron chi connectivity index (χ0n) is 13.0. The van der Waals surface area contributed by atoms with Gasteiger partial charge in [-0.1, -0.05) is 17.8 Å². The third-order valence-corrected chi connectivity index (χ3v) is 4.26. The van der Waals surface area contributed by atoms with Crippen LogP contribution in [-0.4, -0.2) is 25.9 Å². The fourth-order valence-electron chi connectivity index (χ4n) is 1.80. The van der Waals surface area contributed by atoms with Gasteiger partial charge in [0.2, 0.25) is 5.91 Å². The maximum atomic E-state index is 13.5. The summed E-state index contributed by atoms with van der Waals surface area (Å²) in [7, 11) is 0. The Kier molecular flexibility index (Phi) is 5.18. The standard InChI is InChI=1S/C15H19FN4OS/c1-9(2)20-8-17-19-15(20)22-11(4)14(21)18-12-6-5-10(3)13(16)7-12/h5-9,11H,1-4H3,(H,18,21)/t11-/m0/s1. The summed E-state index contributed by atoms with van der Waals surface area (Å²) in [5, 5.41) is 10.9. The van der Waals surface area contributed by atoms with Crippen LogP contribution in [0.1, 0.15) is 32.4 Å². The van der Waals surface area contributed by atoms with E-state index >= 15 is 0 Å². The lowest BCUT2D eigenvalue weighted by Crippen LogP contribution is -2.23. The number of thioether (sulfide) groups is 1. The molecule has 5 nitrogen and oxygen atoms in total. The summed E-state index contributed by atoms with van der Waals surface area (Å²) in [6.07, 6.45) is 1.65. The molecule has 1 aromatic heterocycles. The minimum absolute atomic E-state index is 0.202. The van der Waals surface area contributed by atoms with Gasteiger partial charge in [0.15, 0.2) is 5.16 Å². The first-order valence-electron chi connectivity index (χ1n) is 7.01. The van der Waals surface area contributed by atoms with Gasteiger partial charge in [0, 0.05) is 11.7 Å². The molecule has 118 valence electrons. The van der Waals surface area contributed by atoms with Crippen molar-refractivity contribution >= 4 is 23.4 Å². The van der Waals surface area contributed by atoms with E-state index in [2.05, 4.69) is 15.5 Å². The van der Waals surface area contributed by atoms with Crippen molar-refractivity contribution in [2.24, 2.45) is 0 Å². The molecule has 0 aliphatic carbocycles. The molecule has 1 aromatic carbocycles. The number of benzene rings is 1. The number of hydrogen-bond acceptors (Lipinski definition) is 4. The Labute approximate surface area is 133 Å². The molecule has 2 rings (SSSR count). The second-order valence-corrected chi connectivity index (χ2v) is 6.64. The first-order valence-corrected chi connectivity index (χ1v) is 7.89. The number of aryl methyl sites for hydroxylation is 1. The van der Waals surface area contributed by atoms with Crippen LogP contribution in [0.4, 0.5) is 10.1 Å². The third kappa shape index (κ3) is 3.85. The second kappa shape index (κ2) is 6.91. The summed E-state index contributed by atoms with van der Waals surface area (Å²) in [5.74, 6) is -0.538. The molecule has 0 aliphatic rings. The summed E-state index contributed by atoms with van der Waals surface area (Å²) in [6.45, 7) is 7.50. The minimum atomic E-state index is -0.369. The second-order valence-electron chi connectivity index (χ2n) is 5.33. The van der Waals surface area contributed by atoms with Gasteiger partial charge in [0.1, 0.15) is 12.1 Å². The molecule has 0 bridgehead atoms. The zero-order chi connectivity index (χ0) is 16.3. The molecule has 7 heteroatoms. The van der Waals surface area contributed by atoms with Gasteiger partial charge < -0.3 is 9.88 Å². The van der Waals surface area contributed by atoms with Crippen LogP contribution in [-0.2, 0) is 4.79 Å². The highest BCUT2D eigenvalue weighted by molar-refractivity contribution is 8.00. The number of anilines is 1. The van der Waals surface area contributed by atoms with Crippen LogP contribution in [0.5, 0.6) is 0 Å². The van der Waals surface area contributed by atoms with Crippen LogP contribution in [0.15, 0.2) is 29.7 Å². The number of amides is 1. The topological polar surface area (TPSA) is 59.8 Å². The normalized spacial score (nSPS) is 12.5. The Morgan fingerprint density at radius 1 is 1.36 bits per heavy atom. The fraction of sp³-hybridized carbons (Fsp3) is 0.400. The van der Waals surface area contributed by atoms with E-state index in [0.29, 0.717) is 16.4 Å². The molecule has 1 amide bonds. The van der Waals surface area contributed by atoms with Gasteiger partial charge in [-0.25, -0.2) is 4.39 Å². The number of carbonyl (C=O) groups is 1. The van der Waals surface area contributed by atoms with Crippen molar-refractivity contribution in [2.75, 3.05) is 5.32 Å². The van der Waals surface area contributed by atoms with Crippen molar-refractivity contribution < 1.29 is 9.18 Å². The third-order valence-electron chi connectivity index (χ3n) is 3.19.